The van der Waals surface area contributed by atoms with Crippen LogP contribution in [-0.2, 0) is 4.79 Å². The van der Waals surface area contributed by atoms with Gasteiger partial charge in [-0.05, 0) is 37.3 Å². The Labute approximate surface area is 117 Å². The van der Waals surface area contributed by atoms with Crippen LogP contribution in [0.3, 0.4) is 0 Å². The van der Waals surface area contributed by atoms with Gasteiger partial charge in [0.1, 0.15) is 5.82 Å². The monoisotopic (exact) mass is 278 g/mol. The molecule has 1 saturated heterocycles. The van der Waals surface area contributed by atoms with Crippen molar-refractivity contribution in [3.05, 3.63) is 35.1 Å². The van der Waals surface area contributed by atoms with Crippen molar-refractivity contribution in [3.63, 3.8) is 0 Å². The van der Waals surface area contributed by atoms with Gasteiger partial charge in [-0.3, -0.25) is 9.59 Å². The van der Waals surface area contributed by atoms with E-state index in [2.05, 4.69) is 0 Å². The molecular weight excluding hydrogens is 259 g/mol. The molecule has 2 amide bonds. The lowest BCUT2D eigenvalue weighted by Crippen LogP contribution is -2.39. The summed E-state index contributed by atoms with van der Waals surface area (Å²) in [6.45, 7) is 2.74. The lowest BCUT2D eigenvalue weighted by atomic mass is 9.93. The highest BCUT2D eigenvalue weighted by atomic mass is 19.1. The zero-order valence-electron chi connectivity index (χ0n) is 11.6. The molecule has 0 aromatic heterocycles. The number of likely N-dealkylation sites (tertiary alicyclic amines) is 1. The molecule has 1 aromatic rings. The van der Waals surface area contributed by atoms with Gasteiger partial charge < -0.3 is 10.6 Å². The number of hydrogen-bond acceptors (Lipinski definition) is 2. The SMILES string of the molecule is Cc1cccc(C(=O)N2CCC(CC(N)=O)CC2)c1F. The third kappa shape index (κ3) is 3.15. The fourth-order valence-electron chi connectivity index (χ4n) is 2.61. The Hall–Kier alpha value is -1.91. The third-order valence-corrected chi connectivity index (χ3v) is 3.81. The highest BCUT2D eigenvalue weighted by molar-refractivity contribution is 5.94. The Morgan fingerprint density at radius 1 is 1.35 bits per heavy atom. The van der Waals surface area contributed by atoms with Crippen LogP contribution < -0.4 is 5.73 Å². The molecule has 0 aliphatic carbocycles. The summed E-state index contributed by atoms with van der Waals surface area (Å²) < 4.78 is 13.9. The average Bonchev–Trinajstić information content (AvgIpc) is 2.41. The van der Waals surface area contributed by atoms with Gasteiger partial charge in [-0.2, -0.15) is 0 Å². The standard InChI is InChI=1S/C15H19FN2O2/c1-10-3-2-4-12(14(10)16)15(20)18-7-5-11(6-8-18)9-13(17)19/h2-4,11H,5-9H2,1H3,(H2,17,19). The molecule has 1 aliphatic rings. The summed E-state index contributed by atoms with van der Waals surface area (Å²) in [6, 6.07) is 4.84. The number of hydrogen-bond donors (Lipinski definition) is 1. The van der Waals surface area contributed by atoms with Crippen molar-refractivity contribution < 1.29 is 14.0 Å². The van der Waals surface area contributed by atoms with Crippen LogP contribution in [0.4, 0.5) is 4.39 Å². The Bertz CT molecular complexity index is 523. The van der Waals surface area contributed by atoms with E-state index in [0.717, 1.165) is 12.8 Å². The Morgan fingerprint density at radius 3 is 2.60 bits per heavy atom. The van der Waals surface area contributed by atoms with Gasteiger partial charge in [-0.1, -0.05) is 12.1 Å². The van der Waals surface area contributed by atoms with Gasteiger partial charge in [0, 0.05) is 19.5 Å². The molecule has 5 heteroatoms. The molecule has 0 spiro atoms. The lowest BCUT2D eigenvalue weighted by molar-refractivity contribution is -0.119. The summed E-state index contributed by atoms with van der Waals surface area (Å²) in [7, 11) is 0. The van der Waals surface area contributed by atoms with Gasteiger partial charge in [-0.15, -0.1) is 0 Å². The lowest BCUT2D eigenvalue weighted by Gasteiger charge is -2.31. The molecule has 4 nitrogen and oxygen atoms in total. The van der Waals surface area contributed by atoms with E-state index >= 15 is 0 Å². The topological polar surface area (TPSA) is 63.4 Å². The zero-order valence-corrected chi connectivity index (χ0v) is 11.6. The fraction of sp³-hybridized carbons (Fsp3) is 0.467. The van der Waals surface area contributed by atoms with Crippen molar-refractivity contribution in [1.82, 2.24) is 4.90 Å². The largest absolute Gasteiger partial charge is 0.370 e. The van der Waals surface area contributed by atoms with Crippen LogP contribution in [0.1, 0.15) is 35.2 Å². The van der Waals surface area contributed by atoms with Gasteiger partial charge in [0.2, 0.25) is 5.91 Å². The number of amides is 2. The highest BCUT2D eigenvalue weighted by Gasteiger charge is 2.26. The molecule has 0 saturated carbocycles. The van der Waals surface area contributed by atoms with Crippen molar-refractivity contribution in [2.45, 2.75) is 26.2 Å². The number of carbonyl (C=O) groups excluding carboxylic acids is 2. The Balaban J connectivity index is 2.02. The molecule has 1 fully saturated rings. The molecule has 1 aliphatic heterocycles. The predicted molar refractivity (Wildman–Crippen MR) is 73.6 cm³/mol. The van der Waals surface area contributed by atoms with Crippen LogP contribution in [0.5, 0.6) is 0 Å². The minimum absolute atomic E-state index is 0.123. The van der Waals surface area contributed by atoms with E-state index < -0.39 is 5.82 Å². The molecule has 0 unspecified atom stereocenters. The Morgan fingerprint density at radius 2 is 2.00 bits per heavy atom. The number of carbonyl (C=O) groups is 2. The van der Waals surface area contributed by atoms with Gasteiger partial charge in [0.15, 0.2) is 0 Å². The highest BCUT2D eigenvalue weighted by Crippen LogP contribution is 2.22. The number of piperidine rings is 1. The summed E-state index contributed by atoms with van der Waals surface area (Å²) in [5.41, 5.74) is 5.77. The van der Waals surface area contributed by atoms with Crippen molar-refractivity contribution in [1.29, 1.82) is 0 Å². The molecule has 1 aromatic carbocycles. The smallest absolute Gasteiger partial charge is 0.256 e. The minimum Gasteiger partial charge on any atom is -0.370 e. The van der Waals surface area contributed by atoms with E-state index in [4.69, 9.17) is 5.73 Å². The number of benzene rings is 1. The number of nitrogens with zero attached hydrogens (tertiary/aromatic N) is 1. The van der Waals surface area contributed by atoms with Crippen molar-refractivity contribution in [2.75, 3.05) is 13.1 Å². The number of rotatable bonds is 3. The molecule has 1 heterocycles. The normalized spacial score (nSPS) is 16.2. The van der Waals surface area contributed by atoms with E-state index in [1.165, 1.54) is 6.07 Å². The van der Waals surface area contributed by atoms with E-state index in [0.29, 0.717) is 25.1 Å². The predicted octanol–water partition coefficient (Wildman–Crippen LogP) is 1.86. The van der Waals surface area contributed by atoms with Crippen LogP contribution in [0.15, 0.2) is 18.2 Å². The summed E-state index contributed by atoms with van der Waals surface area (Å²) in [4.78, 5) is 24.8. The van der Waals surface area contributed by atoms with E-state index in [1.54, 1.807) is 24.0 Å². The van der Waals surface area contributed by atoms with Gasteiger partial charge in [0.05, 0.1) is 5.56 Å². The molecule has 0 atom stereocenters. The maximum absolute atomic E-state index is 13.9. The quantitative estimate of drug-likeness (QED) is 0.917. The third-order valence-electron chi connectivity index (χ3n) is 3.81. The molecule has 20 heavy (non-hydrogen) atoms. The number of aryl methyl sites for hydroxylation is 1. The zero-order chi connectivity index (χ0) is 14.7. The van der Waals surface area contributed by atoms with Gasteiger partial charge >= 0.3 is 0 Å². The van der Waals surface area contributed by atoms with Gasteiger partial charge in [0.25, 0.3) is 5.91 Å². The maximum Gasteiger partial charge on any atom is 0.256 e. The van der Waals surface area contributed by atoms with Crippen LogP contribution in [0, 0.1) is 18.7 Å². The summed E-state index contributed by atoms with van der Waals surface area (Å²) in [6.07, 6.45) is 1.84. The second-order valence-electron chi connectivity index (χ2n) is 5.34. The molecule has 0 radical (unpaired) electrons. The van der Waals surface area contributed by atoms with Crippen molar-refractivity contribution in [2.24, 2.45) is 11.7 Å². The number of primary amides is 1. The molecule has 2 N–H and O–H groups in total. The van der Waals surface area contributed by atoms with Gasteiger partial charge in [-0.25, -0.2) is 4.39 Å². The first kappa shape index (κ1) is 14.5. The fourth-order valence-corrected chi connectivity index (χ4v) is 2.61. The molecule has 108 valence electrons. The van der Waals surface area contributed by atoms with E-state index in [9.17, 15) is 14.0 Å². The maximum atomic E-state index is 13.9. The van der Waals surface area contributed by atoms with Crippen LogP contribution in [-0.4, -0.2) is 29.8 Å². The van der Waals surface area contributed by atoms with Crippen LogP contribution >= 0.6 is 0 Å². The van der Waals surface area contributed by atoms with E-state index in [-0.39, 0.29) is 23.3 Å². The second-order valence-corrected chi connectivity index (χ2v) is 5.34. The summed E-state index contributed by atoms with van der Waals surface area (Å²) >= 11 is 0. The number of nitrogens with two attached hydrogens (primary N) is 1. The van der Waals surface area contributed by atoms with Crippen LogP contribution in [0.2, 0.25) is 0 Å². The van der Waals surface area contributed by atoms with Crippen molar-refractivity contribution in [3.8, 4) is 0 Å². The molecule has 2 rings (SSSR count). The number of halogens is 1. The molecule has 0 bridgehead atoms. The average molecular weight is 278 g/mol. The summed E-state index contributed by atoms with van der Waals surface area (Å²) in [5, 5.41) is 0. The first-order chi connectivity index (χ1) is 9.49. The van der Waals surface area contributed by atoms with Crippen LogP contribution in [0.25, 0.3) is 0 Å². The first-order valence-corrected chi connectivity index (χ1v) is 6.81. The van der Waals surface area contributed by atoms with E-state index in [1.807, 2.05) is 0 Å². The summed E-state index contributed by atoms with van der Waals surface area (Å²) in [5.74, 6) is -0.793. The Kier molecular flexibility index (Phi) is 4.37. The minimum atomic E-state index is -0.447. The molecular formula is C15H19FN2O2. The van der Waals surface area contributed by atoms with Crippen molar-refractivity contribution >= 4 is 11.8 Å². The second kappa shape index (κ2) is 6.03. The first-order valence-electron chi connectivity index (χ1n) is 6.81.